The molecule has 2 N–H and O–H groups in total. The van der Waals surface area contributed by atoms with Gasteiger partial charge in [0.15, 0.2) is 0 Å². The maximum atomic E-state index is 12.3. The summed E-state index contributed by atoms with van der Waals surface area (Å²) in [5.41, 5.74) is 1.50. The maximum absolute atomic E-state index is 12.3. The molecule has 3 aliphatic heterocycles. The van der Waals surface area contributed by atoms with Crippen molar-refractivity contribution in [2.45, 2.75) is 68.1 Å². The van der Waals surface area contributed by atoms with Crippen molar-refractivity contribution in [1.29, 1.82) is 0 Å². The number of benzene rings is 1. The molecule has 1 saturated carbocycles. The van der Waals surface area contributed by atoms with E-state index in [-0.39, 0.29) is 11.4 Å². The monoisotopic (exact) mass is 426 g/mol. The molecule has 1 aromatic rings. The molecule has 6 nitrogen and oxygen atoms in total. The van der Waals surface area contributed by atoms with Crippen LogP contribution in [0.15, 0.2) is 30.3 Å². The molecule has 0 spiro atoms. The van der Waals surface area contributed by atoms with Crippen molar-refractivity contribution in [3.63, 3.8) is 0 Å². The maximum Gasteiger partial charge on any atom is 0.221 e. The zero-order valence-corrected chi connectivity index (χ0v) is 18.9. The lowest BCUT2D eigenvalue weighted by Gasteiger charge is -2.59. The Balaban J connectivity index is 1.13. The first kappa shape index (κ1) is 21.4. The molecule has 1 aromatic carbocycles. The van der Waals surface area contributed by atoms with Gasteiger partial charge >= 0.3 is 0 Å². The topological polar surface area (TPSA) is 56.8 Å². The summed E-state index contributed by atoms with van der Waals surface area (Å²) < 4.78 is 5.54. The Morgan fingerprint density at radius 3 is 2.48 bits per heavy atom. The number of carbonyl (C=O) groups is 1. The summed E-state index contributed by atoms with van der Waals surface area (Å²) >= 11 is 0. The Labute approximate surface area is 186 Å². The quantitative estimate of drug-likeness (QED) is 0.698. The molecule has 3 saturated heterocycles. The van der Waals surface area contributed by atoms with E-state index in [4.69, 9.17) is 4.74 Å². The van der Waals surface area contributed by atoms with E-state index < -0.39 is 0 Å². The zero-order chi connectivity index (χ0) is 21.3. The number of nitrogens with one attached hydrogen (secondary N) is 2. The second-order valence-corrected chi connectivity index (χ2v) is 10.1. The van der Waals surface area contributed by atoms with Crippen molar-refractivity contribution in [1.82, 2.24) is 20.4 Å². The average Bonchev–Trinajstić information content (AvgIpc) is 3.56. The smallest absolute Gasteiger partial charge is 0.221 e. The van der Waals surface area contributed by atoms with Crippen molar-refractivity contribution in [2.75, 3.05) is 46.4 Å². The van der Waals surface area contributed by atoms with Crippen LogP contribution in [0.25, 0.3) is 0 Å². The third-order valence-corrected chi connectivity index (χ3v) is 8.10. The Hall–Kier alpha value is -1.47. The molecule has 31 heavy (non-hydrogen) atoms. The number of likely N-dealkylation sites (tertiary alicyclic amines) is 2. The fraction of sp³-hybridized carbons (Fsp3) is 0.720. The molecule has 0 radical (unpaired) electrons. The SMILES string of the molecule is CNC(=O)CC1(N2CCC(N[C@@H]3C[C@H]3c3ccccc3)CC2)CN(C2CCOCC2)C1. The van der Waals surface area contributed by atoms with Gasteiger partial charge in [0.2, 0.25) is 5.91 Å². The number of hydrogen-bond donors (Lipinski definition) is 2. The summed E-state index contributed by atoms with van der Waals surface area (Å²) in [4.78, 5) is 17.6. The molecule has 4 aliphatic rings. The van der Waals surface area contributed by atoms with Gasteiger partial charge in [-0.15, -0.1) is 0 Å². The molecule has 0 unspecified atom stereocenters. The van der Waals surface area contributed by atoms with Crippen LogP contribution in [0.1, 0.15) is 50.0 Å². The van der Waals surface area contributed by atoms with Gasteiger partial charge in [0.25, 0.3) is 0 Å². The summed E-state index contributed by atoms with van der Waals surface area (Å²) in [6.07, 6.45) is 6.53. The van der Waals surface area contributed by atoms with Gasteiger partial charge in [-0.3, -0.25) is 14.6 Å². The Morgan fingerprint density at radius 2 is 1.81 bits per heavy atom. The van der Waals surface area contributed by atoms with Crippen molar-refractivity contribution < 1.29 is 9.53 Å². The number of rotatable bonds is 7. The molecule has 4 fully saturated rings. The summed E-state index contributed by atoms with van der Waals surface area (Å²) in [5.74, 6) is 0.869. The van der Waals surface area contributed by atoms with Crippen LogP contribution in [0, 0.1) is 0 Å². The van der Waals surface area contributed by atoms with E-state index in [2.05, 4.69) is 50.8 Å². The highest BCUT2D eigenvalue weighted by atomic mass is 16.5. The van der Waals surface area contributed by atoms with Crippen LogP contribution in [0.2, 0.25) is 0 Å². The molecule has 1 amide bonds. The summed E-state index contributed by atoms with van der Waals surface area (Å²) in [6.45, 7) is 6.01. The second kappa shape index (κ2) is 9.18. The minimum atomic E-state index is 0.0233. The molecule has 1 aliphatic carbocycles. The number of piperidine rings is 1. The molecule has 6 heteroatoms. The van der Waals surface area contributed by atoms with Gasteiger partial charge in [-0.05, 0) is 37.7 Å². The van der Waals surface area contributed by atoms with Crippen LogP contribution in [0.5, 0.6) is 0 Å². The predicted octanol–water partition coefficient (Wildman–Crippen LogP) is 1.97. The summed E-state index contributed by atoms with van der Waals surface area (Å²) in [6, 6.07) is 12.8. The first-order chi connectivity index (χ1) is 15.2. The van der Waals surface area contributed by atoms with E-state index in [9.17, 15) is 4.79 Å². The second-order valence-electron chi connectivity index (χ2n) is 10.1. The van der Waals surface area contributed by atoms with Gasteiger partial charge in [-0.1, -0.05) is 30.3 Å². The molecule has 0 aromatic heterocycles. The zero-order valence-electron chi connectivity index (χ0n) is 18.9. The molecule has 170 valence electrons. The molecule has 5 rings (SSSR count). The van der Waals surface area contributed by atoms with E-state index in [0.29, 0.717) is 30.5 Å². The largest absolute Gasteiger partial charge is 0.381 e. The lowest BCUT2D eigenvalue weighted by atomic mass is 9.80. The van der Waals surface area contributed by atoms with Crippen molar-refractivity contribution in [3.05, 3.63) is 35.9 Å². The molecular formula is C25H38N4O2. The van der Waals surface area contributed by atoms with Gasteiger partial charge in [0.05, 0.1) is 5.54 Å². The van der Waals surface area contributed by atoms with E-state index >= 15 is 0 Å². The lowest BCUT2D eigenvalue weighted by Crippen LogP contribution is -2.74. The standard InChI is InChI=1S/C25H38N4O2/c1-26-24(30)16-25(17-28(18-25)21-9-13-31-14-10-21)29-11-7-20(8-12-29)27-23-15-22(23)19-5-3-2-4-6-19/h2-6,20-23,27H,7-18H2,1H3,(H,26,30)/t22-,23+/m0/s1. The fourth-order valence-electron chi connectivity index (χ4n) is 6.10. The lowest BCUT2D eigenvalue weighted by molar-refractivity contribution is -0.136. The minimum Gasteiger partial charge on any atom is -0.381 e. The van der Waals surface area contributed by atoms with Crippen LogP contribution < -0.4 is 10.6 Å². The molecule has 2 atom stereocenters. The Bertz CT molecular complexity index is 737. The van der Waals surface area contributed by atoms with Gasteiger partial charge in [0, 0.05) is 76.9 Å². The Kier molecular flexibility index (Phi) is 6.33. The van der Waals surface area contributed by atoms with Crippen molar-refractivity contribution >= 4 is 5.91 Å². The number of carbonyl (C=O) groups excluding carboxylic acids is 1. The number of amides is 1. The van der Waals surface area contributed by atoms with Crippen molar-refractivity contribution in [3.8, 4) is 0 Å². The minimum absolute atomic E-state index is 0.0233. The summed E-state index contributed by atoms with van der Waals surface area (Å²) in [7, 11) is 1.76. The van der Waals surface area contributed by atoms with Gasteiger partial charge < -0.3 is 15.4 Å². The van der Waals surface area contributed by atoms with Crippen molar-refractivity contribution in [2.24, 2.45) is 0 Å². The van der Waals surface area contributed by atoms with Crippen LogP contribution in [-0.4, -0.2) is 85.8 Å². The highest BCUT2D eigenvalue weighted by Gasteiger charge is 2.51. The van der Waals surface area contributed by atoms with Crippen LogP contribution in [0.4, 0.5) is 0 Å². The molecular weight excluding hydrogens is 388 g/mol. The third-order valence-electron chi connectivity index (χ3n) is 8.10. The fourth-order valence-corrected chi connectivity index (χ4v) is 6.10. The normalized spacial score (nSPS) is 30.0. The predicted molar refractivity (Wildman–Crippen MR) is 122 cm³/mol. The first-order valence-electron chi connectivity index (χ1n) is 12.3. The first-order valence-corrected chi connectivity index (χ1v) is 12.3. The van der Waals surface area contributed by atoms with Crippen LogP contribution in [-0.2, 0) is 9.53 Å². The van der Waals surface area contributed by atoms with E-state index in [0.717, 1.165) is 52.2 Å². The van der Waals surface area contributed by atoms with E-state index in [1.165, 1.54) is 24.8 Å². The third kappa shape index (κ3) is 4.68. The summed E-state index contributed by atoms with van der Waals surface area (Å²) in [5, 5.41) is 6.80. The molecule has 3 heterocycles. The van der Waals surface area contributed by atoms with Gasteiger partial charge in [-0.25, -0.2) is 0 Å². The number of ether oxygens (including phenoxy) is 1. The number of hydrogen-bond acceptors (Lipinski definition) is 5. The van der Waals surface area contributed by atoms with E-state index in [1.54, 1.807) is 7.05 Å². The van der Waals surface area contributed by atoms with Gasteiger partial charge in [0.1, 0.15) is 0 Å². The average molecular weight is 427 g/mol. The van der Waals surface area contributed by atoms with Crippen LogP contribution in [0.3, 0.4) is 0 Å². The highest BCUT2D eigenvalue weighted by molar-refractivity contribution is 5.77. The Morgan fingerprint density at radius 1 is 1.10 bits per heavy atom. The van der Waals surface area contributed by atoms with E-state index in [1.807, 2.05) is 0 Å². The number of nitrogens with zero attached hydrogens (tertiary/aromatic N) is 2. The van der Waals surface area contributed by atoms with Gasteiger partial charge in [-0.2, -0.15) is 0 Å². The highest BCUT2D eigenvalue weighted by Crippen LogP contribution is 2.42. The molecule has 0 bridgehead atoms. The van der Waals surface area contributed by atoms with Crippen LogP contribution >= 0.6 is 0 Å².